The van der Waals surface area contributed by atoms with Crippen molar-refractivity contribution in [1.82, 2.24) is 10.6 Å². The third-order valence-corrected chi connectivity index (χ3v) is 4.36. The quantitative estimate of drug-likeness (QED) is 0.703. The van der Waals surface area contributed by atoms with Crippen LogP contribution in [-0.4, -0.2) is 45.9 Å². The first-order valence-corrected chi connectivity index (χ1v) is 8.34. The molecular weight excluding hydrogens is 328 g/mol. The standard InChI is InChI=1S/C18H28N2O3.ClH/c1-18(8-10-19-11-9-18)14-20-17(21)15-4-6-16(7-5-15)23-13-3-12-22-2;/h4-7,19H,3,8-14H2,1-2H3,(H,20,21);1H. The molecule has 2 rings (SSSR count). The zero-order valence-corrected chi connectivity index (χ0v) is 15.4. The number of carbonyl (C=O) groups is 1. The molecule has 0 radical (unpaired) electrons. The van der Waals surface area contributed by atoms with Gasteiger partial charge in [-0.2, -0.15) is 0 Å². The van der Waals surface area contributed by atoms with Crippen molar-refractivity contribution >= 4 is 18.3 Å². The molecule has 6 heteroatoms. The molecule has 1 aromatic rings. The van der Waals surface area contributed by atoms with Crippen LogP contribution in [0.1, 0.15) is 36.5 Å². The zero-order chi connectivity index (χ0) is 16.5. The molecule has 1 aromatic carbocycles. The predicted molar refractivity (Wildman–Crippen MR) is 98.2 cm³/mol. The number of carbonyl (C=O) groups excluding carboxylic acids is 1. The van der Waals surface area contributed by atoms with Crippen molar-refractivity contribution < 1.29 is 14.3 Å². The van der Waals surface area contributed by atoms with Gasteiger partial charge in [0.1, 0.15) is 5.75 Å². The van der Waals surface area contributed by atoms with Gasteiger partial charge in [-0.15, -0.1) is 12.4 Å². The summed E-state index contributed by atoms with van der Waals surface area (Å²) in [6.07, 6.45) is 3.05. The molecular formula is C18H29ClN2O3. The van der Waals surface area contributed by atoms with Gasteiger partial charge in [0.2, 0.25) is 0 Å². The molecule has 5 nitrogen and oxygen atoms in total. The van der Waals surface area contributed by atoms with E-state index in [-0.39, 0.29) is 23.7 Å². The largest absolute Gasteiger partial charge is 0.494 e. The highest BCUT2D eigenvalue weighted by Crippen LogP contribution is 2.26. The number of piperidine rings is 1. The number of ether oxygens (including phenoxy) is 2. The lowest BCUT2D eigenvalue weighted by Crippen LogP contribution is -2.42. The Morgan fingerprint density at radius 3 is 2.50 bits per heavy atom. The second-order valence-electron chi connectivity index (χ2n) is 6.46. The van der Waals surface area contributed by atoms with Gasteiger partial charge in [0.25, 0.3) is 5.91 Å². The Hall–Kier alpha value is -1.30. The van der Waals surface area contributed by atoms with E-state index < -0.39 is 0 Å². The molecule has 0 aliphatic carbocycles. The summed E-state index contributed by atoms with van der Waals surface area (Å²) < 4.78 is 10.6. The monoisotopic (exact) mass is 356 g/mol. The molecule has 1 heterocycles. The number of methoxy groups -OCH3 is 1. The third-order valence-electron chi connectivity index (χ3n) is 4.36. The summed E-state index contributed by atoms with van der Waals surface area (Å²) in [6.45, 7) is 6.33. The minimum absolute atomic E-state index is 0. The van der Waals surface area contributed by atoms with Crippen molar-refractivity contribution in [3.63, 3.8) is 0 Å². The molecule has 1 aliphatic heterocycles. The van der Waals surface area contributed by atoms with Gasteiger partial charge < -0.3 is 20.1 Å². The minimum Gasteiger partial charge on any atom is -0.494 e. The smallest absolute Gasteiger partial charge is 0.251 e. The fraction of sp³-hybridized carbons (Fsp3) is 0.611. The molecule has 136 valence electrons. The number of halogens is 1. The summed E-state index contributed by atoms with van der Waals surface area (Å²) in [7, 11) is 1.68. The topological polar surface area (TPSA) is 59.6 Å². The van der Waals surface area contributed by atoms with Crippen molar-refractivity contribution in [3.8, 4) is 5.75 Å². The van der Waals surface area contributed by atoms with Crippen LogP contribution in [0.5, 0.6) is 5.75 Å². The molecule has 0 bridgehead atoms. The Morgan fingerprint density at radius 1 is 1.21 bits per heavy atom. The van der Waals surface area contributed by atoms with Gasteiger partial charge in [-0.3, -0.25) is 4.79 Å². The minimum atomic E-state index is -0.0179. The van der Waals surface area contributed by atoms with Gasteiger partial charge in [-0.25, -0.2) is 0 Å². The number of benzene rings is 1. The number of hydrogen-bond acceptors (Lipinski definition) is 4. The van der Waals surface area contributed by atoms with Gasteiger partial charge in [-0.05, 0) is 55.6 Å². The molecule has 0 unspecified atom stereocenters. The average molecular weight is 357 g/mol. The van der Waals surface area contributed by atoms with E-state index in [1.807, 2.05) is 24.3 Å². The van der Waals surface area contributed by atoms with E-state index >= 15 is 0 Å². The summed E-state index contributed by atoms with van der Waals surface area (Å²) in [6, 6.07) is 7.30. The highest BCUT2D eigenvalue weighted by molar-refractivity contribution is 5.94. The number of amides is 1. The fourth-order valence-electron chi connectivity index (χ4n) is 2.70. The van der Waals surface area contributed by atoms with Crippen molar-refractivity contribution in [3.05, 3.63) is 29.8 Å². The maximum atomic E-state index is 12.3. The maximum Gasteiger partial charge on any atom is 0.251 e. The van der Waals surface area contributed by atoms with Gasteiger partial charge in [0.15, 0.2) is 0 Å². The first-order valence-electron chi connectivity index (χ1n) is 8.34. The normalized spacial score (nSPS) is 16.1. The average Bonchev–Trinajstić information content (AvgIpc) is 2.58. The van der Waals surface area contributed by atoms with Gasteiger partial charge in [-0.1, -0.05) is 6.92 Å². The highest BCUT2D eigenvalue weighted by atomic mass is 35.5. The van der Waals surface area contributed by atoms with Crippen LogP contribution in [0.4, 0.5) is 0 Å². The summed E-state index contributed by atoms with van der Waals surface area (Å²) in [5.41, 5.74) is 0.873. The molecule has 0 spiro atoms. The van der Waals surface area contributed by atoms with Gasteiger partial charge in [0, 0.05) is 32.2 Å². The van der Waals surface area contributed by atoms with Crippen molar-refractivity contribution in [2.75, 3.05) is 40.0 Å². The molecule has 1 aliphatic rings. The van der Waals surface area contributed by atoms with Crippen LogP contribution in [0.3, 0.4) is 0 Å². The van der Waals surface area contributed by atoms with Crippen LogP contribution in [0.15, 0.2) is 24.3 Å². The van der Waals surface area contributed by atoms with Crippen LogP contribution in [-0.2, 0) is 4.74 Å². The molecule has 0 aromatic heterocycles. The summed E-state index contributed by atoms with van der Waals surface area (Å²) >= 11 is 0. The van der Waals surface area contributed by atoms with E-state index in [9.17, 15) is 4.79 Å². The van der Waals surface area contributed by atoms with Crippen LogP contribution >= 0.6 is 12.4 Å². The summed E-state index contributed by atoms with van der Waals surface area (Å²) in [5, 5.41) is 6.42. The van der Waals surface area contributed by atoms with E-state index in [4.69, 9.17) is 9.47 Å². The second-order valence-corrected chi connectivity index (χ2v) is 6.46. The molecule has 1 amide bonds. The Labute approximate surface area is 150 Å². The SMILES string of the molecule is COCCCOc1ccc(C(=O)NCC2(C)CCNCC2)cc1.Cl. The van der Waals surface area contributed by atoms with Crippen molar-refractivity contribution in [2.45, 2.75) is 26.2 Å². The molecule has 2 N–H and O–H groups in total. The van der Waals surface area contributed by atoms with Crippen LogP contribution < -0.4 is 15.4 Å². The first-order chi connectivity index (χ1) is 11.1. The fourth-order valence-corrected chi connectivity index (χ4v) is 2.70. The van der Waals surface area contributed by atoms with Crippen molar-refractivity contribution in [2.24, 2.45) is 5.41 Å². The highest BCUT2D eigenvalue weighted by Gasteiger charge is 2.27. The summed E-state index contributed by atoms with van der Waals surface area (Å²) in [4.78, 5) is 12.3. The van der Waals surface area contributed by atoms with E-state index in [1.165, 1.54) is 0 Å². The van der Waals surface area contributed by atoms with Crippen LogP contribution in [0, 0.1) is 5.41 Å². The lowest BCUT2D eigenvalue weighted by atomic mass is 9.81. The molecule has 24 heavy (non-hydrogen) atoms. The zero-order valence-electron chi connectivity index (χ0n) is 14.6. The predicted octanol–water partition coefficient (Wildman–Crippen LogP) is 2.64. The third kappa shape index (κ3) is 6.67. The maximum absolute atomic E-state index is 12.3. The van der Waals surface area contributed by atoms with E-state index in [0.717, 1.165) is 44.6 Å². The molecule has 0 atom stereocenters. The van der Waals surface area contributed by atoms with E-state index in [1.54, 1.807) is 7.11 Å². The Morgan fingerprint density at radius 2 is 1.88 bits per heavy atom. The number of rotatable bonds is 8. The van der Waals surface area contributed by atoms with Crippen LogP contribution in [0.2, 0.25) is 0 Å². The molecule has 0 saturated carbocycles. The lowest BCUT2D eigenvalue weighted by molar-refractivity contribution is 0.0922. The number of nitrogens with one attached hydrogen (secondary N) is 2. The van der Waals surface area contributed by atoms with Crippen LogP contribution in [0.25, 0.3) is 0 Å². The van der Waals surface area contributed by atoms with Gasteiger partial charge in [0.05, 0.1) is 6.61 Å². The molecule has 1 fully saturated rings. The van der Waals surface area contributed by atoms with Crippen molar-refractivity contribution in [1.29, 1.82) is 0 Å². The molecule has 1 saturated heterocycles. The Balaban J connectivity index is 0.00000288. The van der Waals surface area contributed by atoms with E-state index in [2.05, 4.69) is 17.6 Å². The lowest BCUT2D eigenvalue weighted by Gasteiger charge is -2.34. The Bertz CT molecular complexity index is 488. The number of hydrogen-bond donors (Lipinski definition) is 2. The van der Waals surface area contributed by atoms with Gasteiger partial charge >= 0.3 is 0 Å². The first kappa shape index (κ1) is 20.7. The Kier molecular flexibility index (Phi) is 9.11. The summed E-state index contributed by atoms with van der Waals surface area (Å²) in [5.74, 6) is 0.763. The second kappa shape index (κ2) is 10.5. The van der Waals surface area contributed by atoms with E-state index in [0.29, 0.717) is 18.8 Å².